The summed E-state index contributed by atoms with van der Waals surface area (Å²) in [6, 6.07) is 0. The van der Waals surface area contributed by atoms with Crippen molar-refractivity contribution in [2.24, 2.45) is 0 Å². The summed E-state index contributed by atoms with van der Waals surface area (Å²) in [5, 5.41) is 8.83. The van der Waals surface area contributed by atoms with Crippen molar-refractivity contribution >= 4 is 22.6 Å². The summed E-state index contributed by atoms with van der Waals surface area (Å²) in [6.45, 7) is -1.05. The van der Waals surface area contributed by atoms with Crippen molar-refractivity contribution in [3.8, 4) is 5.75 Å². The van der Waals surface area contributed by atoms with Crippen LogP contribution in [0.4, 0.5) is 26.3 Å². The first-order valence-corrected chi connectivity index (χ1v) is 5.25. The van der Waals surface area contributed by atoms with Gasteiger partial charge >= 0.3 is 12.5 Å². The molecule has 0 spiro atoms. The lowest BCUT2D eigenvalue weighted by Crippen LogP contribution is -2.22. The van der Waals surface area contributed by atoms with Crippen LogP contribution in [-0.2, 0) is 12.8 Å². The highest BCUT2D eigenvalue weighted by Crippen LogP contribution is 2.41. The van der Waals surface area contributed by atoms with E-state index in [0.717, 1.165) is 0 Å². The van der Waals surface area contributed by atoms with Crippen LogP contribution in [0, 0.1) is 3.70 Å². The van der Waals surface area contributed by atoms with E-state index >= 15 is 0 Å². The van der Waals surface area contributed by atoms with E-state index in [1.54, 1.807) is 0 Å². The monoisotopic (exact) mass is 387 g/mol. The van der Waals surface area contributed by atoms with Crippen molar-refractivity contribution in [3.05, 3.63) is 21.0 Å². The molecule has 1 aromatic rings. The van der Waals surface area contributed by atoms with E-state index < -0.39 is 36.0 Å². The maximum absolute atomic E-state index is 12.5. The topological polar surface area (TPSA) is 42.4 Å². The van der Waals surface area contributed by atoms with Gasteiger partial charge in [-0.15, -0.1) is 13.2 Å². The molecular weight excluding hydrogens is 383 g/mol. The second kappa shape index (κ2) is 5.07. The second-order valence-electron chi connectivity index (χ2n) is 2.97. The molecule has 0 unspecified atom stereocenters. The number of hydrogen-bond donors (Lipinski definition) is 1. The molecule has 102 valence electrons. The first-order chi connectivity index (χ1) is 8.06. The Morgan fingerprint density at radius 3 is 2.17 bits per heavy atom. The van der Waals surface area contributed by atoms with Crippen LogP contribution in [0.25, 0.3) is 0 Å². The summed E-state index contributed by atoms with van der Waals surface area (Å²) < 4.78 is 76.8. The molecule has 18 heavy (non-hydrogen) atoms. The van der Waals surface area contributed by atoms with Crippen molar-refractivity contribution in [2.75, 3.05) is 0 Å². The Morgan fingerprint density at radius 1 is 1.22 bits per heavy atom. The van der Waals surface area contributed by atoms with Gasteiger partial charge in [-0.05, 0) is 22.6 Å². The Morgan fingerprint density at radius 2 is 1.78 bits per heavy atom. The maximum atomic E-state index is 12.5. The quantitative estimate of drug-likeness (QED) is 0.482. The van der Waals surface area contributed by atoms with E-state index in [9.17, 15) is 26.3 Å². The molecular formula is C8H4F6INO2. The molecule has 0 bridgehead atoms. The van der Waals surface area contributed by atoms with E-state index in [-0.39, 0.29) is 9.90 Å². The Hall–Kier alpha value is -0.780. The molecule has 0 aliphatic heterocycles. The van der Waals surface area contributed by atoms with Gasteiger partial charge in [0.1, 0.15) is 9.26 Å². The molecule has 0 aliphatic rings. The predicted octanol–water partition coefficient (Wildman–Crippen LogP) is 3.10. The van der Waals surface area contributed by atoms with Crippen molar-refractivity contribution < 1.29 is 36.2 Å². The summed E-state index contributed by atoms with van der Waals surface area (Å²) in [4.78, 5) is 3.27. The molecule has 0 saturated heterocycles. The average Bonchev–Trinajstić information content (AvgIpc) is 2.13. The van der Waals surface area contributed by atoms with E-state index in [0.29, 0.717) is 0 Å². The van der Waals surface area contributed by atoms with Crippen molar-refractivity contribution in [2.45, 2.75) is 19.1 Å². The molecule has 0 aromatic carbocycles. The summed E-state index contributed by atoms with van der Waals surface area (Å²) in [6.07, 6.45) is -10.1. The fraction of sp³-hybridized carbons (Fsp3) is 0.375. The van der Waals surface area contributed by atoms with E-state index in [2.05, 4.69) is 9.72 Å². The van der Waals surface area contributed by atoms with Crippen molar-refractivity contribution in [1.82, 2.24) is 4.98 Å². The van der Waals surface area contributed by atoms with Gasteiger partial charge in [0, 0.05) is 6.20 Å². The largest absolute Gasteiger partial charge is 0.573 e. The minimum Gasteiger partial charge on any atom is -0.405 e. The number of aromatic nitrogens is 1. The SMILES string of the molecule is OCc1c(I)ncc(C(F)(F)F)c1OC(F)(F)F. The summed E-state index contributed by atoms with van der Waals surface area (Å²) in [7, 11) is 0. The maximum Gasteiger partial charge on any atom is 0.573 e. The predicted molar refractivity (Wildman–Crippen MR) is 54.6 cm³/mol. The number of aliphatic hydroxyl groups excluding tert-OH is 1. The van der Waals surface area contributed by atoms with Gasteiger partial charge in [-0.25, -0.2) is 4.98 Å². The summed E-state index contributed by atoms with van der Waals surface area (Å²) in [5.41, 5.74) is -2.35. The van der Waals surface area contributed by atoms with Crippen LogP contribution in [-0.4, -0.2) is 16.5 Å². The first-order valence-electron chi connectivity index (χ1n) is 4.17. The van der Waals surface area contributed by atoms with Crippen LogP contribution >= 0.6 is 22.6 Å². The van der Waals surface area contributed by atoms with Crippen molar-refractivity contribution in [3.63, 3.8) is 0 Å². The third-order valence-electron chi connectivity index (χ3n) is 1.76. The fourth-order valence-electron chi connectivity index (χ4n) is 1.09. The molecule has 0 saturated carbocycles. The van der Waals surface area contributed by atoms with Gasteiger partial charge in [0.05, 0.1) is 12.2 Å². The molecule has 0 atom stereocenters. The smallest absolute Gasteiger partial charge is 0.405 e. The lowest BCUT2D eigenvalue weighted by Gasteiger charge is -2.18. The van der Waals surface area contributed by atoms with Crippen LogP contribution in [0.5, 0.6) is 5.75 Å². The second-order valence-corrected chi connectivity index (χ2v) is 4.00. The zero-order valence-corrected chi connectivity index (χ0v) is 10.4. The fourth-order valence-corrected chi connectivity index (χ4v) is 1.64. The van der Waals surface area contributed by atoms with Gasteiger partial charge in [-0.2, -0.15) is 13.2 Å². The van der Waals surface area contributed by atoms with Gasteiger partial charge in [0.25, 0.3) is 0 Å². The van der Waals surface area contributed by atoms with Gasteiger partial charge in [-0.1, -0.05) is 0 Å². The third-order valence-corrected chi connectivity index (χ3v) is 2.69. The van der Waals surface area contributed by atoms with E-state index in [1.807, 2.05) is 0 Å². The number of halogens is 7. The van der Waals surface area contributed by atoms with Crippen LogP contribution in [0.3, 0.4) is 0 Å². The lowest BCUT2D eigenvalue weighted by molar-refractivity contribution is -0.276. The molecule has 10 heteroatoms. The van der Waals surface area contributed by atoms with Crippen LogP contribution < -0.4 is 4.74 Å². The summed E-state index contributed by atoms with van der Waals surface area (Å²) >= 11 is 1.40. The molecule has 1 aromatic heterocycles. The number of nitrogens with zero attached hydrogens (tertiary/aromatic N) is 1. The number of hydrogen-bond acceptors (Lipinski definition) is 3. The van der Waals surface area contributed by atoms with Crippen LogP contribution in [0.1, 0.15) is 11.1 Å². The van der Waals surface area contributed by atoms with Gasteiger partial charge in [-0.3, -0.25) is 0 Å². The lowest BCUT2D eigenvalue weighted by atomic mass is 10.1. The minimum absolute atomic E-state index is 0.206. The number of ether oxygens (including phenoxy) is 1. The Kier molecular flexibility index (Phi) is 4.30. The van der Waals surface area contributed by atoms with Gasteiger partial charge in [0.2, 0.25) is 0 Å². The van der Waals surface area contributed by atoms with E-state index in [4.69, 9.17) is 5.11 Å². The molecule has 0 fully saturated rings. The van der Waals surface area contributed by atoms with E-state index in [1.165, 1.54) is 22.6 Å². The van der Waals surface area contributed by atoms with Gasteiger partial charge in [0.15, 0.2) is 5.75 Å². The molecule has 0 radical (unpaired) electrons. The highest BCUT2D eigenvalue weighted by molar-refractivity contribution is 14.1. The number of pyridine rings is 1. The molecule has 3 nitrogen and oxygen atoms in total. The molecule has 0 amide bonds. The Balaban J connectivity index is 3.45. The zero-order valence-electron chi connectivity index (χ0n) is 8.23. The Labute approximate surface area is 110 Å². The van der Waals surface area contributed by atoms with Crippen LogP contribution in [0.15, 0.2) is 6.20 Å². The highest BCUT2D eigenvalue weighted by Gasteiger charge is 2.41. The molecule has 1 rings (SSSR count). The van der Waals surface area contributed by atoms with Crippen LogP contribution in [0.2, 0.25) is 0 Å². The third kappa shape index (κ3) is 3.60. The standard InChI is InChI=1S/C8H4F6INO2/c9-7(10,11)4-1-16-6(15)3(2-17)5(4)18-8(12,13)14/h1,17H,2H2. The number of aliphatic hydroxyl groups is 1. The zero-order chi connectivity index (χ0) is 14.1. The molecule has 1 N–H and O–H groups in total. The highest BCUT2D eigenvalue weighted by atomic mass is 127. The Bertz CT molecular complexity index is 444. The van der Waals surface area contributed by atoms with Gasteiger partial charge < -0.3 is 9.84 Å². The summed E-state index contributed by atoms with van der Waals surface area (Å²) in [5.74, 6) is -1.48. The van der Waals surface area contributed by atoms with Crippen molar-refractivity contribution in [1.29, 1.82) is 0 Å². The minimum atomic E-state index is -5.30. The molecule has 1 heterocycles. The number of alkyl halides is 6. The number of rotatable bonds is 2. The first kappa shape index (κ1) is 15.3. The average molecular weight is 387 g/mol. The normalized spacial score (nSPS) is 12.7. The molecule has 0 aliphatic carbocycles.